The molecule has 4 rings (SSSR count). The standard InChI is InChI=1S/C28H27N5O5/c1-29-24-10-8-20(14-26(24)32(35)36)12-22-17-31(16-19-6-4-3-5-7-19)18-23(28(22)34)13-21-9-11-25(30-2)27(15-21)33(37)38/h3-15,29-30H,16-18H2,1-2H3/b22-12-,23-13+. The Balaban J connectivity index is 1.75. The molecule has 0 spiro atoms. The van der Waals surface area contributed by atoms with Crippen LogP contribution in [-0.4, -0.2) is 47.7 Å². The summed E-state index contributed by atoms with van der Waals surface area (Å²) in [6.45, 7) is 1.29. The fraction of sp³-hybridized carbons (Fsp3) is 0.179. The van der Waals surface area contributed by atoms with Crippen LogP contribution < -0.4 is 10.6 Å². The monoisotopic (exact) mass is 513 g/mol. The molecule has 0 amide bonds. The Kier molecular flexibility index (Phi) is 7.93. The predicted molar refractivity (Wildman–Crippen MR) is 148 cm³/mol. The molecule has 0 unspecified atom stereocenters. The molecule has 10 nitrogen and oxygen atoms in total. The summed E-state index contributed by atoms with van der Waals surface area (Å²) in [4.78, 5) is 37.8. The lowest BCUT2D eigenvalue weighted by Gasteiger charge is -2.30. The van der Waals surface area contributed by atoms with E-state index in [0.29, 0.717) is 53.3 Å². The Morgan fingerprint density at radius 1 is 0.789 bits per heavy atom. The second-order valence-corrected chi connectivity index (χ2v) is 8.87. The smallest absolute Gasteiger partial charge is 0.292 e. The SMILES string of the molecule is CNc1ccc(/C=C2/CN(Cc3ccccc3)C/C(=C\c3ccc(NC)c([N+](=O)[O-])c3)C2=O)cc1[N+](=O)[O-]. The minimum absolute atomic E-state index is 0.0843. The summed E-state index contributed by atoms with van der Waals surface area (Å²) in [7, 11) is 3.22. The second kappa shape index (κ2) is 11.5. The van der Waals surface area contributed by atoms with E-state index in [1.807, 2.05) is 30.3 Å². The van der Waals surface area contributed by atoms with E-state index in [-0.39, 0.29) is 17.2 Å². The average Bonchev–Trinajstić information content (AvgIpc) is 2.91. The van der Waals surface area contributed by atoms with Crippen molar-refractivity contribution in [1.29, 1.82) is 0 Å². The summed E-state index contributed by atoms with van der Waals surface area (Å²) in [6.07, 6.45) is 3.35. The van der Waals surface area contributed by atoms with E-state index in [1.165, 1.54) is 12.1 Å². The number of hydrogen-bond acceptors (Lipinski definition) is 8. The molecule has 0 bridgehead atoms. The van der Waals surface area contributed by atoms with Gasteiger partial charge in [0.05, 0.1) is 9.85 Å². The number of nitrogens with one attached hydrogen (secondary N) is 2. The molecular formula is C28H27N5O5. The number of nitro benzene ring substituents is 2. The zero-order valence-corrected chi connectivity index (χ0v) is 21.0. The van der Waals surface area contributed by atoms with Crippen LogP contribution in [0.4, 0.5) is 22.7 Å². The van der Waals surface area contributed by atoms with Gasteiger partial charge >= 0.3 is 0 Å². The van der Waals surface area contributed by atoms with E-state index in [2.05, 4.69) is 15.5 Å². The highest BCUT2D eigenvalue weighted by atomic mass is 16.6. The molecule has 194 valence electrons. The fourth-order valence-corrected chi connectivity index (χ4v) is 4.47. The first kappa shape index (κ1) is 26.2. The van der Waals surface area contributed by atoms with Crippen LogP contribution in [0.5, 0.6) is 0 Å². The number of Topliss-reactive ketones (excluding diaryl/α,β-unsaturated/α-hetero) is 1. The summed E-state index contributed by atoms with van der Waals surface area (Å²) in [5.74, 6) is -0.199. The third kappa shape index (κ3) is 5.93. The predicted octanol–water partition coefficient (Wildman–Crippen LogP) is 5.14. The lowest BCUT2D eigenvalue weighted by Crippen LogP contribution is -2.37. The van der Waals surface area contributed by atoms with Crippen molar-refractivity contribution in [2.24, 2.45) is 0 Å². The molecule has 1 aliphatic heterocycles. The third-order valence-electron chi connectivity index (χ3n) is 6.28. The maximum absolute atomic E-state index is 13.6. The molecule has 0 radical (unpaired) electrons. The normalized spacial score (nSPS) is 16.0. The van der Waals surface area contributed by atoms with Crippen molar-refractivity contribution in [2.75, 3.05) is 37.8 Å². The van der Waals surface area contributed by atoms with Crippen molar-refractivity contribution in [1.82, 2.24) is 4.90 Å². The van der Waals surface area contributed by atoms with Crippen molar-refractivity contribution >= 4 is 40.7 Å². The van der Waals surface area contributed by atoms with Crippen LogP contribution in [0.3, 0.4) is 0 Å². The van der Waals surface area contributed by atoms with Crippen LogP contribution in [0.2, 0.25) is 0 Å². The molecule has 2 N–H and O–H groups in total. The number of piperidine rings is 1. The zero-order chi connectivity index (χ0) is 27.2. The van der Waals surface area contributed by atoms with Crippen LogP contribution >= 0.6 is 0 Å². The van der Waals surface area contributed by atoms with Gasteiger partial charge in [-0.3, -0.25) is 29.9 Å². The molecule has 1 aliphatic rings. The Morgan fingerprint density at radius 3 is 1.68 bits per heavy atom. The van der Waals surface area contributed by atoms with Crippen LogP contribution in [0.15, 0.2) is 77.9 Å². The van der Waals surface area contributed by atoms with E-state index < -0.39 is 9.85 Å². The van der Waals surface area contributed by atoms with Gasteiger partial charge in [0, 0.05) is 57.0 Å². The maximum atomic E-state index is 13.6. The average molecular weight is 514 g/mol. The second-order valence-electron chi connectivity index (χ2n) is 8.87. The fourth-order valence-electron chi connectivity index (χ4n) is 4.47. The Morgan fingerprint density at radius 2 is 1.26 bits per heavy atom. The zero-order valence-electron chi connectivity index (χ0n) is 21.0. The molecule has 38 heavy (non-hydrogen) atoms. The number of carbonyl (C=O) groups is 1. The van der Waals surface area contributed by atoms with Crippen molar-refractivity contribution in [3.8, 4) is 0 Å². The summed E-state index contributed by atoms with van der Waals surface area (Å²) in [5, 5.41) is 28.7. The Labute approximate surface area is 219 Å². The van der Waals surface area contributed by atoms with E-state index in [9.17, 15) is 25.0 Å². The molecule has 0 atom stereocenters. The first-order valence-electron chi connectivity index (χ1n) is 11.9. The number of hydrogen-bond donors (Lipinski definition) is 2. The van der Waals surface area contributed by atoms with Crippen molar-refractivity contribution in [3.05, 3.63) is 115 Å². The summed E-state index contributed by atoms with van der Waals surface area (Å²) in [5.41, 5.74) is 3.69. The lowest BCUT2D eigenvalue weighted by atomic mass is 9.93. The van der Waals surface area contributed by atoms with Crippen molar-refractivity contribution in [2.45, 2.75) is 6.54 Å². The topological polar surface area (TPSA) is 131 Å². The van der Waals surface area contributed by atoms with Gasteiger partial charge in [-0.1, -0.05) is 42.5 Å². The van der Waals surface area contributed by atoms with Gasteiger partial charge in [0.1, 0.15) is 11.4 Å². The maximum Gasteiger partial charge on any atom is 0.292 e. The first-order valence-corrected chi connectivity index (χ1v) is 11.9. The van der Waals surface area contributed by atoms with Gasteiger partial charge in [0.15, 0.2) is 5.78 Å². The summed E-state index contributed by atoms with van der Waals surface area (Å²) < 4.78 is 0. The van der Waals surface area contributed by atoms with Gasteiger partial charge < -0.3 is 10.6 Å². The number of likely N-dealkylation sites (tertiary alicyclic amines) is 1. The van der Waals surface area contributed by atoms with E-state index >= 15 is 0 Å². The van der Waals surface area contributed by atoms with E-state index in [1.54, 1.807) is 50.5 Å². The number of benzene rings is 3. The molecule has 1 heterocycles. The lowest BCUT2D eigenvalue weighted by molar-refractivity contribution is -0.384. The molecule has 0 aromatic heterocycles. The Bertz CT molecular complexity index is 1360. The van der Waals surface area contributed by atoms with Crippen LogP contribution in [0, 0.1) is 20.2 Å². The van der Waals surface area contributed by atoms with E-state index in [0.717, 1.165) is 5.56 Å². The molecule has 3 aromatic carbocycles. The Hall–Kier alpha value is -4.83. The number of anilines is 2. The van der Waals surface area contributed by atoms with E-state index in [4.69, 9.17) is 0 Å². The van der Waals surface area contributed by atoms with Crippen molar-refractivity contribution in [3.63, 3.8) is 0 Å². The highest BCUT2D eigenvalue weighted by Crippen LogP contribution is 2.30. The number of nitro groups is 2. The minimum atomic E-state index is -0.467. The summed E-state index contributed by atoms with van der Waals surface area (Å²) in [6, 6.07) is 19.4. The largest absolute Gasteiger partial charge is 0.383 e. The number of carbonyl (C=O) groups excluding carboxylic acids is 1. The molecular weight excluding hydrogens is 486 g/mol. The molecule has 0 aliphatic carbocycles. The molecule has 1 saturated heterocycles. The van der Waals surface area contributed by atoms with Gasteiger partial charge in [0.25, 0.3) is 11.4 Å². The molecule has 3 aromatic rings. The number of nitrogens with zero attached hydrogens (tertiary/aromatic N) is 3. The van der Waals surface area contributed by atoms with Gasteiger partial charge in [0.2, 0.25) is 0 Å². The molecule has 10 heteroatoms. The molecule has 0 saturated carbocycles. The quantitative estimate of drug-likeness (QED) is 0.241. The van der Waals surface area contributed by atoms with Gasteiger partial charge in [-0.25, -0.2) is 0 Å². The number of rotatable bonds is 8. The van der Waals surface area contributed by atoms with Crippen LogP contribution in [0.1, 0.15) is 16.7 Å². The van der Waals surface area contributed by atoms with Gasteiger partial charge in [-0.15, -0.1) is 0 Å². The van der Waals surface area contributed by atoms with Crippen LogP contribution in [-0.2, 0) is 11.3 Å². The van der Waals surface area contributed by atoms with Crippen LogP contribution in [0.25, 0.3) is 12.2 Å². The highest BCUT2D eigenvalue weighted by Gasteiger charge is 2.27. The van der Waals surface area contributed by atoms with Crippen molar-refractivity contribution < 1.29 is 14.6 Å². The number of ketones is 1. The molecule has 1 fully saturated rings. The van der Waals surface area contributed by atoms with Gasteiger partial charge in [-0.2, -0.15) is 0 Å². The summed E-state index contributed by atoms with van der Waals surface area (Å²) >= 11 is 0. The third-order valence-corrected chi connectivity index (χ3v) is 6.28. The van der Waals surface area contributed by atoms with Gasteiger partial charge in [-0.05, 0) is 41.0 Å². The minimum Gasteiger partial charge on any atom is -0.383 e. The first-order chi connectivity index (χ1) is 18.3. The highest BCUT2D eigenvalue weighted by molar-refractivity contribution is 6.14.